The van der Waals surface area contributed by atoms with Crippen LogP contribution in [0.4, 0.5) is 0 Å². The monoisotopic (exact) mass is 425 g/mol. The predicted molar refractivity (Wildman–Crippen MR) is 108 cm³/mol. The molecule has 0 unspecified atom stereocenters. The van der Waals surface area contributed by atoms with Crippen molar-refractivity contribution >= 4 is 27.5 Å². The fourth-order valence-electron chi connectivity index (χ4n) is 2.35. The molecule has 2 rings (SSSR count). The zero-order valence-corrected chi connectivity index (χ0v) is 17.3. The fourth-order valence-corrected chi connectivity index (χ4v) is 3.16. The van der Waals surface area contributed by atoms with Crippen LogP contribution in [0.15, 0.2) is 40.9 Å². The highest BCUT2D eigenvalue weighted by Gasteiger charge is 2.13. The molecular weight excluding hydrogens is 402 g/mol. The van der Waals surface area contributed by atoms with Crippen LogP contribution >= 0.6 is 27.5 Å². The summed E-state index contributed by atoms with van der Waals surface area (Å²) >= 11 is 9.66. The molecule has 0 bridgehead atoms. The second kappa shape index (κ2) is 10.0. The average molecular weight is 427 g/mol. The number of hydrogen-bond acceptors (Lipinski definition) is 3. The molecule has 25 heavy (non-hydrogen) atoms. The van der Waals surface area contributed by atoms with E-state index in [9.17, 15) is 0 Å². The summed E-state index contributed by atoms with van der Waals surface area (Å²) < 4.78 is 12.7. The summed E-state index contributed by atoms with van der Waals surface area (Å²) in [6, 6.07) is 12.3. The Labute approximate surface area is 163 Å². The number of halogens is 2. The lowest BCUT2D eigenvalue weighted by Crippen LogP contribution is -2.24. The first-order valence-corrected chi connectivity index (χ1v) is 9.76. The minimum Gasteiger partial charge on any atom is -0.490 e. The lowest BCUT2D eigenvalue weighted by Gasteiger charge is -2.17. The van der Waals surface area contributed by atoms with Crippen LogP contribution in [0, 0.1) is 0 Å². The molecule has 3 nitrogen and oxygen atoms in total. The van der Waals surface area contributed by atoms with Crippen molar-refractivity contribution in [3.63, 3.8) is 0 Å². The van der Waals surface area contributed by atoms with Gasteiger partial charge in [-0.25, -0.2) is 0 Å². The maximum atomic E-state index is 6.04. The Morgan fingerprint density at radius 1 is 1.12 bits per heavy atom. The van der Waals surface area contributed by atoms with Crippen LogP contribution in [0.2, 0.25) is 5.02 Å². The number of nitrogens with one attached hydrogen (secondary N) is 1. The van der Waals surface area contributed by atoms with Gasteiger partial charge in [0.1, 0.15) is 6.61 Å². The normalized spacial score (nSPS) is 12.0. The van der Waals surface area contributed by atoms with Gasteiger partial charge in [0.15, 0.2) is 11.5 Å². The Morgan fingerprint density at radius 3 is 2.60 bits per heavy atom. The van der Waals surface area contributed by atoms with Gasteiger partial charge in [0.2, 0.25) is 0 Å². The van der Waals surface area contributed by atoms with Crippen molar-refractivity contribution in [3.8, 4) is 11.5 Å². The predicted octanol–water partition coefficient (Wildman–Crippen LogP) is 5.97. The van der Waals surface area contributed by atoms with Gasteiger partial charge in [0.05, 0.1) is 11.1 Å². The van der Waals surface area contributed by atoms with Gasteiger partial charge >= 0.3 is 0 Å². The highest BCUT2D eigenvalue weighted by atomic mass is 79.9. The van der Waals surface area contributed by atoms with Crippen molar-refractivity contribution < 1.29 is 9.47 Å². The Morgan fingerprint density at radius 2 is 1.92 bits per heavy atom. The number of ether oxygens (including phenoxy) is 2. The van der Waals surface area contributed by atoms with Crippen molar-refractivity contribution in [1.82, 2.24) is 5.32 Å². The summed E-state index contributed by atoms with van der Waals surface area (Å²) in [6.07, 6.45) is 1.10. The van der Waals surface area contributed by atoms with E-state index >= 15 is 0 Å². The Balaban J connectivity index is 2.15. The summed E-state index contributed by atoms with van der Waals surface area (Å²) in [4.78, 5) is 0. The van der Waals surface area contributed by atoms with Crippen molar-refractivity contribution in [2.75, 3.05) is 6.61 Å². The number of benzene rings is 2. The van der Waals surface area contributed by atoms with E-state index in [4.69, 9.17) is 21.1 Å². The second-order valence-corrected chi connectivity index (χ2v) is 7.24. The molecule has 0 heterocycles. The molecule has 0 saturated carbocycles. The third-order valence-corrected chi connectivity index (χ3v) is 4.73. The molecule has 5 heteroatoms. The van der Waals surface area contributed by atoms with Gasteiger partial charge in [-0.3, -0.25) is 0 Å². The maximum Gasteiger partial charge on any atom is 0.175 e. The minimum absolute atomic E-state index is 0.434. The van der Waals surface area contributed by atoms with Crippen LogP contribution in [0.5, 0.6) is 11.5 Å². The van der Waals surface area contributed by atoms with Crippen LogP contribution < -0.4 is 14.8 Å². The average Bonchev–Trinajstić information content (AvgIpc) is 2.59. The first-order chi connectivity index (χ1) is 12.0. The zero-order valence-electron chi connectivity index (χ0n) is 14.9. The molecule has 0 fully saturated rings. The minimum atomic E-state index is 0.434. The fraction of sp³-hybridized carbons (Fsp3) is 0.400. The van der Waals surface area contributed by atoms with E-state index in [-0.39, 0.29) is 0 Å². The third-order valence-electron chi connectivity index (χ3n) is 3.91. The van der Waals surface area contributed by atoms with E-state index in [2.05, 4.69) is 41.2 Å². The van der Waals surface area contributed by atoms with Crippen molar-refractivity contribution in [2.45, 2.75) is 46.4 Å². The van der Waals surface area contributed by atoms with Crippen LogP contribution in [-0.4, -0.2) is 12.6 Å². The Hall–Kier alpha value is -1.23. The van der Waals surface area contributed by atoms with Gasteiger partial charge in [-0.05, 0) is 71.6 Å². The molecule has 0 saturated heterocycles. The Kier molecular flexibility index (Phi) is 8.07. The van der Waals surface area contributed by atoms with Gasteiger partial charge in [-0.15, -0.1) is 0 Å². The van der Waals surface area contributed by atoms with Gasteiger partial charge in [-0.2, -0.15) is 0 Å². The molecular formula is C20H25BrClNO2. The van der Waals surface area contributed by atoms with Gasteiger partial charge < -0.3 is 14.8 Å². The summed E-state index contributed by atoms with van der Waals surface area (Å²) in [7, 11) is 0. The van der Waals surface area contributed by atoms with Crippen molar-refractivity contribution in [2.24, 2.45) is 0 Å². The largest absolute Gasteiger partial charge is 0.490 e. The van der Waals surface area contributed by atoms with E-state index in [1.807, 2.05) is 37.3 Å². The van der Waals surface area contributed by atoms with Crippen LogP contribution in [0.1, 0.15) is 38.3 Å². The zero-order chi connectivity index (χ0) is 18.2. The summed E-state index contributed by atoms with van der Waals surface area (Å²) in [6.45, 7) is 8.14. The number of rotatable bonds is 9. The molecule has 0 spiro atoms. The molecule has 0 aliphatic heterocycles. The summed E-state index contributed by atoms with van der Waals surface area (Å²) in [5.74, 6) is 1.47. The smallest absolute Gasteiger partial charge is 0.175 e. The molecule has 2 aromatic carbocycles. The maximum absolute atomic E-state index is 6.04. The summed E-state index contributed by atoms with van der Waals surface area (Å²) in [5.41, 5.74) is 2.18. The molecule has 0 radical (unpaired) electrons. The summed E-state index contributed by atoms with van der Waals surface area (Å²) in [5, 5.41) is 4.20. The lowest BCUT2D eigenvalue weighted by molar-refractivity contribution is 0.267. The topological polar surface area (TPSA) is 30.5 Å². The molecule has 0 aliphatic rings. The van der Waals surface area contributed by atoms with Gasteiger partial charge in [0, 0.05) is 17.6 Å². The molecule has 136 valence electrons. The Bertz CT molecular complexity index is 693. The third kappa shape index (κ3) is 6.21. The van der Waals surface area contributed by atoms with Crippen LogP contribution in [0.3, 0.4) is 0 Å². The SMILES string of the molecule is CCOc1cc(CN[C@H](C)CC)cc(Br)c1OCc1cccc(Cl)c1. The van der Waals surface area contributed by atoms with E-state index in [1.54, 1.807) is 0 Å². The van der Waals surface area contributed by atoms with E-state index in [0.717, 1.165) is 34.3 Å². The van der Waals surface area contributed by atoms with Gasteiger partial charge in [0.25, 0.3) is 0 Å². The first-order valence-electron chi connectivity index (χ1n) is 8.59. The number of hydrogen-bond donors (Lipinski definition) is 1. The van der Waals surface area contributed by atoms with Crippen LogP contribution in [0.25, 0.3) is 0 Å². The highest BCUT2D eigenvalue weighted by molar-refractivity contribution is 9.10. The molecule has 0 aliphatic carbocycles. The highest BCUT2D eigenvalue weighted by Crippen LogP contribution is 2.37. The van der Waals surface area contributed by atoms with Crippen molar-refractivity contribution in [1.29, 1.82) is 0 Å². The molecule has 0 amide bonds. The van der Waals surface area contributed by atoms with Crippen molar-refractivity contribution in [3.05, 3.63) is 57.0 Å². The van der Waals surface area contributed by atoms with E-state index in [0.29, 0.717) is 30.0 Å². The lowest BCUT2D eigenvalue weighted by atomic mass is 10.1. The second-order valence-electron chi connectivity index (χ2n) is 5.95. The molecule has 1 N–H and O–H groups in total. The molecule has 2 aromatic rings. The van der Waals surface area contributed by atoms with E-state index < -0.39 is 0 Å². The first kappa shape index (κ1) is 20.1. The van der Waals surface area contributed by atoms with Crippen LogP contribution in [-0.2, 0) is 13.2 Å². The quantitative estimate of drug-likeness (QED) is 0.536. The van der Waals surface area contributed by atoms with Gasteiger partial charge in [-0.1, -0.05) is 30.7 Å². The van der Waals surface area contributed by atoms with E-state index in [1.165, 1.54) is 0 Å². The standard InChI is InChI=1S/C20H25BrClNO2/c1-4-14(3)23-12-16-10-18(21)20(19(11-16)24-5-2)25-13-15-7-6-8-17(22)9-15/h6-11,14,23H,4-5,12-13H2,1-3H3/t14-/m1/s1. The molecule has 1 atom stereocenters. The molecule has 0 aromatic heterocycles.